The summed E-state index contributed by atoms with van der Waals surface area (Å²) in [6.45, 7) is 0. The van der Waals surface area contributed by atoms with E-state index in [0.717, 1.165) is 24.1 Å². The largest absolute Gasteiger partial charge is 0.229 e. The van der Waals surface area contributed by atoms with Crippen molar-refractivity contribution in [2.45, 2.75) is 14.1 Å². The Morgan fingerprint density at radius 1 is 0.967 bits per heavy atom. The van der Waals surface area contributed by atoms with Gasteiger partial charge in [-0.2, -0.15) is 0 Å². The lowest BCUT2D eigenvalue weighted by molar-refractivity contribution is 0.602. The maximum atomic E-state index is 13.5. The van der Waals surface area contributed by atoms with E-state index in [4.69, 9.17) is 4.98 Å². The third-order valence-corrected chi connectivity index (χ3v) is 8.13. The third-order valence-electron chi connectivity index (χ3n) is 4.27. The van der Waals surface area contributed by atoms with Gasteiger partial charge in [-0.15, -0.1) is 11.3 Å². The zero-order valence-electron chi connectivity index (χ0n) is 15.7. The van der Waals surface area contributed by atoms with Gasteiger partial charge in [-0.3, -0.25) is 0 Å². The SMILES string of the molecule is CS(=O)(=O)c1ccccc1-c1nc(Sc2ccc(Br)cc2)sc1-c1ccc(F)cc1. The summed E-state index contributed by atoms with van der Waals surface area (Å²) >= 11 is 6.39. The summed E-state index contributed by atoms with van der Waals surface area (Å²) in [7, 11) is -3.45. The lowest BCUT2D eigenvalue weighted by atomic mass is 10.1. The maximum absolute atomic E-state index is 13.5. The van der Waals surface area contributed by atoms with Gasteiger partial charge in [0, 0.05) is 21.2 Å². The zero-order chi connectivity index (χ0) is 21.3. The lowest BCUT2D eigenvalue weighted by Crippen LogP contribution is -2.00. The number of halogens is 2. The highest BCUT2D eigenvalue weighted by Gasteiger charge is 2.21. The van der Waals surface area contributed by atoms with Crippen LogP contribution in [0.4, 0.5) is 4.39 Å². The fraction of sp³-hybridized carbons (Fsp3) is 0.0455. The van der Waals surface area contributed by atoms with Gasteiger partial charge in [0.2, 0.25) is 0 Å². The van der Waals surface area contributed by atoms with Crippen LogP contribution in [0.5, 0.6) is 0 Å². The Kier molecular flexibility index (Phi) is 6.11. The first kappa shape index (κ1) is 21.2. The molecule has 0 N–H and O–H groups in total. The summed E-state index contributed by atoms with van der Waals surface area (Å²) in [6, 6.07) is 20.9. The molecule has 1 aromatic heterocycles. The fourth-order valence-electron chi connectivity index (χ4n) is 2.91. The average molecular weight is 520 g/mol. The summed E-state index contributed by atoms with van der Waals surface area (Å²) in [4.78, 5) is 6.82. The van der Waals surface area contributed by atoms with Crippen LogP contribution >= 0.6 is 39.0 Å². The number of benzene rings is 3. The van der Waals surface area contributed by atoms with Crippen molar-refractivity contribution in [1.29, 1.82) is 0 Å². The number of aromatic nitrogens is 1. The monoisotopic (exact) mass is 519 g/mol. The number of rotatable bonds is 5. The second kappa shape index (κ2) is 8.63. The Hall–Kier alpha value is -2.00. The fourth-order valence-corrected chi connectivity index (χ4v) is 6.20. The molecular formula is C22H15BrFNO2S3. The van der Waals surface area contributed by atoms with Gasteiger partial charge in [0.1, 0.15) is 5.82 Å². The molecule has 8 heteroatoms. The molecule has 0 fully saturated rings. The molecule has 3 nitrogen and oxygen atoms in total. The van der Waals surface area contributed by atoms with Crippen molar-refractivity contribution in [1.82, 2.24) is 4.98 Å². The lowest BCUT2D eigenvalue weighted by Gasteiger charge is -2.08. The van der Waals surface area contributed by atoms with Gasteiger partial charge in [0.05, 0.1) is 15.5 Å². The van der Waals surface area contributed by atoms with Crippen molar-refractivity contribution in [3.8, 4) is 21.7 Å². The molecule has 4 aromatic rings. The van der Waals surface area contributed by atoms with Gasteiger partial charge in [0.15, 0.2) is 14.2 Å². The predicted octanol–water partition coefficient (Wildman–Crippen LogP) is 6.93. The minimum absolute atomic E-state index is 0.221. The normalized spacial score (nSPS) is 11.6. The van der Waals surface area contributed by atoms with E-state index < -0.39 is 9.84 Å². The van der Waals surface area contributed by atoms with E-state index in [0.29, 0.717) is 11.3 Å². The number of sulfone groups is 1. The first-order valence-electron chi connectivity index (χ1n) is 8.81. The average Bonchev–Trinajstić information content (AvgIpc) is 3.13. The molecule has 0 aliphatic rings. The van der Waals surface area contributed by atoms with Gasteiger partial charge in [-0.25, -0.2) is 17.8 Å². The molecule has 30 heavy (non-hydrogen) atoms. The molecule has 0 radical (unpaired) electrons. The number of hydrogen-bond donors (Lipinski definition) is 0. The topological polar surface area (TPSA) is 47.0 Å². The van der Waals surface area contributed by atoms with Gasteiger partial charge >= 0.3 is 0 Å². The van der Waals surface area contributed by atoms with Crippen LogP contribution in [0.2, 0.25) is 0 Å². The molecule has 3 aromatic carbocycles. The minimum atomic E-state index is -3.45. The highest BCUT2D eigenvalue weighted by Crippen LogP contribution is 2.43. The molecule has 0 unspecified atom stereocenters. The van der Waals surface area contributed by atoms with Crippen LogP contribution in [0, 0.1) is 5.82 Å². The van der Waals surface area contributed by atoms with Crippen molar-refractivity contribution in [2.75, 3.05) is 6.26 Å². The molecule has 0 aliphatic carbocycles. The highest BCUT2D eigenvalue weighted by atomic mass is 79.9. The maximum Gasteiger partial charge on any atom is 0.176 e. The molecule has 0 amide bonds. The summed E-state index contributed by atoms with van der Waals surface area (Å²) in [5, 5.41) is 0. The molecule has 0 aliphatic heterocycles. The summed E-state index contributed by atoms with van der Waals surface area (Å²) in [5.74, 6) is -0.328. The highest BCUT2D eigenvalue weighted by molar-refractivity contribution is 9.10. The van der Waals surface area contributed by atoms with Gasteiger partial charge in [-0.1, -0.05) is 58.0 Å². The van der Waals surface area contributed by atoms with Crippen molar-refractivity contribution < 1.29 is 12.8 Å². The number of thiazole rings is 1. The van der Waals surface area contributed by atoms with Gasteiger partial charge in [0.25, 0.3) is 0 Å². The van der Waals surface area contributed by atoms with E-state index in [1.165, 1.54) is 41.5 Å². The first-order chi connectivity index (χ1) is 14.3. The molecule has 0 spiro atoms. The summed E-state index contributed by atoms with van der Waals surface area (Å²) in [5.41, 5.74) is 1.90. The number of hydrogen-bond acceptors (Lipinski definition) is 5. The number of nitrogens with zero attached hydrogens (tertiary/aromatic N) is 1. The van der Waals surface area contributed by atoms with Crippen molar-refractivity contribution >= 4 is 48.9 Å². The van der Waals surface area contributed by atoms with Gasteiger partial charge in [-0.05, 0) is 48.0 Å². The van der Waals surface area contributed by atoms with Crippen LogP contribution in [0.3, 0.4) is 0 Å². The van der Waals surface area contributed by atoms with Crippen LogP contribution in [0.1, 0.15) is 0 Å². The molecule has 0 atom stereocenters. The third kappa shape index (κ3) is 4.67. The quantitative estimate of drug-likeness (QED) is 0.286. The smallest absolute Gasteiger partial charge is 0.176 e. The van der Waals surface area contributed by atoms with Gasteiger partial charge < -0.3 is 0 Å². The molecule has 152 valence electrons. The Balaban J connectivity index is 1.87. The van der Waals surface area contributed by atoms with E-state index in [9.17, 15) is 12.8 Å². The van der Waals surface area contributed by atoms with Crippen molar-refractivity contribution in [2.24, 2.45) is 0 Å². The zero-order valence-corrected chi connectivity index (χ0v) is 19.7. The molecule has 0 saturated heterocycles. The molecular weight excluding hydrogens is 505 g/mol. The second-order valence-corrected chi connectivity index (χ2v) is 11.7. The standard InChI is InChI=1S/C22H15BrFNO2S3/c1-30(26,27)19-5-3-2-4-18(19)20-21(14-6-10-16(24)11-7-14)29-22(25-20)28-17-12-8-15(23)9-13-17/h2-13H,1H3. The Morgan fingerprint density at radius 3 is 2.30 bits per heavy atom. The summed E-state index contributed by atoms with van der Waals surface area (Å²) < 4.78 is 40.0. The van der Waals surface area contributed by atoms with Crippen LogP contribution < -0.4 is 0 Å². The molecule has 1 heterocycles. The van der Waals surface area contributed by atoms with E-state index in [2.05, 4.69) is 15.9 Å². The van der Waals surface area contributed by atoms with E-state index in [1.54, 1.807) is 36.4 Å². The van der Waals surface area contributed by atoms with Crippen LogP contribution in [0.25, 0.3) is 21.7 Å². The first-order valence-corrected chi connectivity index (χ1v) is 13.1. The molecule has 0 saturated carbocycles. The van der Waals surface area contributed by atoms with Crippen LogP contribution in [-0.4, -0.2) is 19.7 Å². The molecule has 0 bridgehead atoms. The predicted molar refractivity (Wildman–Crippen MR) is 124 cm³/mol. The van der Waals surface area contributed by atoms with Crippen LogP contribution in [-0.2, 0) is 9.84 Å². The van der Waals surface area contributed by atoms with Crippen molar-refractivity contribution in [3.63, 3.8) is 0 Å². The minimum Gasteiger partial charge on any atom is -0.229 e. The summed E-state index contributed by atoms with van der Waals surface area (Å²) in [6.07, 6.45) is 1.19. The Labute approximate surface area is 191 Å². The Morgan fingerprint density at radius 2 is 1.63 bits per heavy atom. The van der Waals surface area contributed by atoms with E-state index in [1.807, 2.05) is 24.3 Å². The van der Waals surface area contributed by atoms with Crippen LogP contribution in [0.15, 0.2) is 91.4 Å². The second-order valence-electron chi connectivity index (χ2n) is 6.49. The van der Waals surface area contributed by atoms with E-state index >= 15 is 0 Å². The van der Waals surface area contributed by atoms with Crippen molar-refractivity contribution in [3.05, 3.63) is 83.1 Å². The Bertz CT molecular complexity index is 1300. The van der Waals surface area contributed by atoms with E-state index in [-0.39, 0.29) is 10.7 Å². The molecule has 4 rings (SSSR count).